The van der Waals surface area contributed by atoms with Gasteiger partial charge in [-0.3, -0.25) is 0 Å². The molecule has 0 aliphatic rings. The molecule has 64 valence electrons. The van der Waals surface area contributed by atoms with Gasteiger partial charge in [-0.2, -0.15) is 13.2 Å². The maximum Gasteiger partial charge on any atom is 0.416 e. The number of alkyl halides is 3. The summed E-state index contributed by atoms with van der Waals surface area (Å²) >= 11 is 0. The number of unbranched alkanes of at least 4 members (excludes halogenated alkanes) is 1. The van der Waals surface area contributed by atoms with Crippen molar-refractivity contribution in [3.05, 3.63) is 24.3 Å². The van der Waals surface area contributed by atoms with Crippen LogP contribution >= 0.6 is 0 Å². The third-order valence-corrected chi connectivity index (χ3v) is 1.20. The van der Waals surface area contributed by atoms with E-state index in [4.69, 9.17) is 0 Å². The van der Waals surface area contributed by atoms with Gasteiger partial charge in [-0.1, -0.05) is 32.1 Å². The molecule has 3 heteroatoms. The number of hydrogen-bond donors (Lipinski definition) is 0. The maximum absolute atomic E-state index is 11.9. The lowest BCUT2D eigenvalue weighted by Crippen LogP contribution is -2.09. The van der Waals surface area contributed by atoms with Crippen LogP contribution in [0.2, 0.25) is 0 Å². The van der Waals surface area contributed by atoms with Gasteiger partial charge in [0.05, 0.1) is 5.57 Å². The van der Waals surface area contributed by atoms with Crippen molar-refractivity contribution in [2.75, 3.05) is 0 Å². The zero-order valence-electron chi connectivity index (χ0n) is 6.41. The van der Waals surface area contributed by atoms with Crippen LogP contribution < -0.4 is 0 Å². The van der Waals surface area contributed by atoms with Crippen molar-refractivity contribution in [1.29, 1.82) is 0 Å². The van der Waals surface area contributed by atoms with E-state index < -0.39 is 11.7 Å². The summed E-state index contributed by atoms with van der Waals surface area (Å²) in [5, 5.41) is 0. The molecule has 0 aliphatic carbocycles. The molecule has 0 radical (unpaired) electrons. The van der Waals surface area contributed by atoms with Gasteiger partial charge in [0, 0.05) is 0 Å². The van der Waals surface area contributed by atoms with Crippen molar-refractivity contribution in [3.8, 4) is 0 Å². The molecule has 0 atom stereocenters. The van der Waals surface area contributed by atoms with Crippen LogP contribution in [0, 0.1) is 0 Å². The van der Waals surface area contributed by atoms with Crippen molar-refractivity contribution < 1.29 is 13.2 Å². The fourth-order valence-electron chi connectivity index (χ4n) is 0.615. The van der Waals surface area contributed by atoms with E-state index in [0.717, 1.165) is 12.2 Å². The summed E-state index contributed by atoms with van der Waals surface area (Å²) in [4.78, 5) is 0. The first-order chi connectivity index (χ1) is 5.02. The Morgan fingerprint density at radius 3 is 2.27 bits per heavy atom. The van der Waals surface area contributed by atoms with Crippen molar-refractivity contribution in [2.24, 2.45) is 0 Å². The minimum absolute atomic E-state index is 0.445. The number of hydrogen-bond acceptors (Lipinski definition) is 0. The standard InChI is InChI=1S/C8H11F3/c1-3-5-6-7(4-2)8(9,10)11/h4,6H,2-3,5H2,1H3/b7-6+. The Morgan fingerprint density at radius 2 is 2.00 bits per heavy atom. The molecule has 0 spiro atoms. The molecule has 0 saturated heterocycles. The normalized spacial score (nSPS) is 13.3. The van der Waals surface area contributed by atoms with Crippen molar-refractivity contribution in [2.45, 2.75) is 25.9 Å². The Morgan fingerprint density at radius 1 is 1.45 bits per heavy atom. The zero-order valence-corrected chi connectivity index (χ0v) is 6.41. The van der Waals surface area contributed by atoms with Crippen molar-refractivity contribution in [1.82, 2.24) is 0 Å². The quantitative estimate of drug-likeness (QED) is 0.560. The van der Waals surface area contributed by atoms with Crippen LogP contribution in [0.15, 0.2) is 24.3 Å². The van der Waals surface area contributed by atoms with Gasteiger partial charge in [-0.25, -0.2) is 0 Å². The van der Waals surface area contributed by atoms with E-state index in [9.17, 15) is 13.2 Å². The average Bonchev–Trinajstić information content (AvgIpc) is 1.87. The Balaban J connectivity index is 4.27. The van der Waals surface area contributed by atoms with E-state index in [-0.39, 0.29) is 0 Å². The molecule has 0 rings (SSSR count). The Bertz CT molecular complexity index is 153. The van der Waals surface area contributed by atoms with Gasteiger partial charge in [0.15, 0.2) is 0 Å². The molecule has 11 heavy (non-hydrogen) atoms. The van der Waals surface area contributed by atoms with Crippen LogP contribution in [0.5, 0.6) is 0 Å². The predicted molar refractivity (Wildman–Crippen MR) is 39.2 cm³/mol. The molecule has 0 aromatic carbocycles. The SMILES string of the molecule is C=C/C(=C\CCC)C(F)(F)F. The van der Waals surface area contributed by atoms with Gasteiger partial charge in [0.25, 0.3) is 0 Å². The van der Waals surface area contributed by atoms with Gasteiger partial charge in [-0.15, -0.1) is 0 Å². The lowest BCUT2D eigenvalue weighted by Gasteiger charge is -2.05. The first kappa shape index (κ1) is 10.3. The monoisotopic (exact) mass is 164 g/mol. The second kappa shape index (κ2) is 4.21. The van der Waals surface area contributed by atoms with Crippen LogP contribution in [0.1, 0.15) is 19.8 Å². The molecule has 0 fully saturated rings. The Kier molecular flexibility index (Phi) is 3.93. The van der Waals surface area contributed by atoms with Gasteiger partial charge < -0.3 is 0 Å². The minimum atomic E-state index is -4.24. The van der Waals surface area contributed by atoms with Gasteiger partial charge in [0.1, 0.15) is 0 Å². The lowest BCUT2D eigenvalue weighted by atomic mass is 10.2. The summed E-state index contributed by atoms with van der Waals surface area (Å²) in [6, 6.07) is 0. The number of allylic oxidation sites excluding steroid dienone is 3. The van der Waals surface area contributed by atoms with Gasteiger partial charge in [-0.05, 0) is 6.42 Å². The highest BCUT2D eigenvalue weighted by Crippen LogP contribution is 2.26. The second-order valence-electron chi connectivity index (χ2n) is 2.15. The molecule has 0 amide bonds. The average molecular weight is 164 g/mol. The summed E-state index contributed by atoms with van der Waals surface area (Å²) in [5.74, 6) is 0. The van der Waals surface area contributed by atoms with Gasteiger partial charge in [0.2, 0.25) is 0 Å². The molecule has 0 nitrogen and oxygen atoms in total. The van der Waals surface area contributed by atoms with Crippen molar-refractivity contribution in [3.63, 3.8) is 0 Å². The Labute approximate surface area is 64.4 Å². The molecule has 0 saturated carbocycles. The van der Waals surface area contributed by atoms with E-state index in [1.54, 1.807) is 0 Å². The molecular weight excluding hydrogens is 153 g/mol. The summed E-state index contributed by atoms with van der Waals surface area (Å²) in [7, 11) is 0. The molecule has 0 aliphatic heterocycles. The van der Waals surface area contributed by atoms with E-state index in [1.807, 2.05) is 6.92 Å². The number of rotatable bonds is 3. The van der Waals surface area contributed by atoms with E-state index >= 15 is 0 Å². The summed E-state index contributed by atoms with van der Waals surface area (Å²) < 4.78 is 35.7. The highest BCUT2D eigenvalue weighted by Gasteiger charge is 2.30. The third kappa shape index (κ3) is 3.86. The highest BCUT2D eigenvalue weighted by molar-refractivity contribution is 5.21. The topological polar surface area (TPSA) is 0 Å². The smallest absolute Gasteiger partial charge is 0.166 e. The maximum atomic E-state index is 11.9. The zero-order chi connectivity index (χ0) is 8.91. The highest BCUT2D eigenvalue weighted by atomic mass is 19.4. The predicted octanol–water partition coefficient (Wildman–Crippen LogP) is 3.46. The van der Waals surface area contributed by atoms with Gasteiger partial charge >= 0.3 is 6.18 Å². The Hall–Kier alpha value is -0.730. The van der Waals surface area contributed by atoms with Crippen LogP contribution in [0.25, 0.3) is 0 Å². The third-order valence-electron chi connectivity index (χ3n) is 1.20. The summed E-state index contributed by atoms with van der Waals surface area (Å²) in [6.45, 7) is 4.92. The van der Waals surface area contributed by atoms with Crippen LogP contribution in [-0.2, 0) is 0 Å². The van der Waals surface area contributed by atoms with E-state index in [0.29, 0.717) is 12.8 Å². The van der Waals surface area contributed by atoms with Crippen LogP contribution in [-0.4, -0.2) is 6.18 Å². The second-order valence-corrected chi connectivity index (χ2v) is 2.15. The molecule has 0 bridgehead atoms. The molecule has 0 N–H and O–H groups in total. The van der Waals surface area contributed by atoms with Crippen LogP contribution in [0.4, 0.5) is 13.2 Å². The summed E-state index contributed by atoms with van der Waals surface area (Å²) in [6.07, 6.45) is -1.08. The summed E-state index contributed by atoms with van der Waals surface area (Å²) in [5.41, 5.74) is -0.639. The number of halogens is 3. The minimum Gasteiger partial charge on any atom is -0.166 e. The van der Waals surface area contributed by atoms with E-state index in [1.165, 1.54) is 0 Å². The lowest BCUT2D eigenvalue weighted by molar-refractivity contribution is -0.0883. The molecule has 0 aromatic heterocycles. The molecule has 0 aromatic rings. The van der Waals surface area contributed by atoms with Crippen molar-refractivity contribution >= 4 is 0 Å². The molecule has 0 heterocycles. The van der Waals surface area contributed by atoms with Crippen LogP contribution in [0.3, 0.4) is 0 Å². The molecule has 0 unspecified atom stereocenters. The largest absolute Gasteiger partial charge is 0.416 e. The fourth-order valence-corrected chi connectivity index (χ4v) is 0.615. The fraction of sp³-hybridized carbons (Fsp3) is 0.500. The van der Waals surface area contributed by atoms with E-state index in [2.05, 4.69) is 6.58 Å². The first-order valence-corrected chi connectivity index (χ1v) is 3.42. The molecular formula is C8H11F3. The first-order valence-electron chi connectivity index (χ1n) is 3.42.